The first-order valence-corrected chi connectivity index (χ1v) is 7.70. The van der Waals surface area contributed by atoms with Crippen LogP contribution in [0.3, 0.4) is 0 Å². The highest BCUT2D eigenvalue weighted by Crippen LogP contribution is 2.39. The van der Waals surface area contributed by atoms with Crippen LogP contribution in [0.25, 0.3) is 0 Å². The van der Waals surface area contributed by atoms with Gasteiger partial charge in [0.15, 0.2) is 0 Å². The predicted octanol–water partition coefficient (Wildman–Crippen LogP) is 5.58. The number of halogens is 4. The highest BCUT2D eigenvalue weighted by molar-refractivity contribution is 6.30. The Hall–Kier alpha value is -0.740. The Kier molecular flexibility index (Phi) is 5.55. The fourth-order valence-electron chi connectivity index (χ4n) is 3.23. The van der Waals surface area contributed by atoms with Gasteiger partial charge in [-0.05, 0) is 48.8 Å². The minimum atomic E-state index is -4.16. The zero-order valence-corrected chi connectivity index (χ0v) is 12.8. The average Bonchev–Trinajstić information content (AvgIpc) is 2.40. The molecule has 1 aromatic rings. The Bertz CT molecular complexity index is 444. The number of rotatable bonds is 4. The van der Waals surface area contributed by atoms with Crippen molar-refractivity contribution in [1.82, 2.24) is 0 Å². The fraction of sp³-hybridized carbons (Fsp3) is 0.625. The van der Waals surface area contributed by atoms with Crippen molar-refractivity contribution in [3.05, 3.63) is 34.9 Å². The second-order valence-electron chi connectivity index (χ2n) is 5.66. The molecule has 0 radical (unpaired) electrons. The van der Waals surface area contributed by atoms with Crippen molar-refractivity contribution in [2.24, 2.45) is 5.92 Å². The SMILES string of the molecule is CCC(c1ccc(Cl)cc1)C1CCOC(CC(F)(F)F)C1. The van der Waals surface area contributed by atoms with Gasteiger partial charge in [-0.15, -0.1) is 0 Å². The molecule has 1 nitrogen and oxygen atoms in total. The summed E-state index contributed by atoms with van der Waals surface area (Å²) in [5, 5.41) is 0.676. The molecule has 5 heteroatoms. The minimum Gasteiger partial charge on any atom is -0.378 e. The molecule has 3 unspecified atom stereocenters. The minimum absolute atomic E-state index is 0.234. The molecule has 3 atom stereocenters. The highest BCUT2D eigenvalue weighted by Gasteiger charge is 2.37. The maximum Gasteiger partial charge on any atom is 0.391 e. The van der Waals surface area contributed by atoms with Crippen molar-refractivity contribution in [3.8, 4) is 0 Å². The van der Waals surface area contributed by atoms with Gasteiger partial charge in [0.25, 0.3) is 0 Å². The normalized spacial score (nSPS) is 24.8. The quantitative estimate of drug-likeness (QED) is 0.703. The Labute approximate surface area is 128 Å². The van der Waals surface area contributed by atoms with Gasteiger partial charge in [0, 0.05) is 11.6 Å². The first-order valence-electron chi connectivity index (χ1n) is 7.33. The van der Waals surface area contributed by atoms with Crippen LogP contribution in [0.1, 0.15) is 44.1 Å². The van der Waals surface area contributed by atoms with Gasteiger partial charge in [-0.1, -0.05) is 30.7 Å². The van der Waals surface area contributed by atoms with Crippen molar-refractivity contribution in [2.45, 2.75) is 50.8 Å². The monoisotopic (exact) mass is 320 g/mol. The molecule has 1 heterocycles. The summed E-state index contributed by atoms with van der Waals surface area (Å²) >= 11 is 5.90. The molecule has 0 aliphatic carbocycles. The third-order valence-electron chi connectivity index (χ3n) is 4.17. The number of alkyl halides is 3. The van der Waals surface area contributed by atoms with Gasteiger partial charge in [0.2, 0.25) is 0 Å². The molecule has 1 aromatic carbocycles. The van der Waals surface area contributed by atoms with Crippen molar-refractivity contribution in [3.63, 3.8) is 0 Å². The van der Waals surface area contributed by atoms with E-state index in [1.54, 1.807) is 0 Å². The van der Waals surface area contributed by atoms with Crippen molar-refractivity contribution in [2.75, 3.05) is 6.61 Å². The second kappa shape index (κ2) is 7.01. The first kappa shape index (κ1) is 16.6. The zero-order valence-electron chi connectivity index (χ0n) is 12.0. The maximum atomic E-state index is 12.5. The van der Waals surface area contributed by atoms with E-state index in [-0.39, 0.29) is 11.8 Å². The summed E-state index contributed by atoms with van der Waals surface area (Å²) in [7, 11) is 0. The molecule has 21 heavy (non-hydrogen) atoms. The molecule has 0 spiro atoms. The Morgan fingerprint density at radius 1 is 1.29 bits per heavy atom. The van der Waals surface area contributed by atoms with E-state index < -0.39 is 18.7 Å². The Morgan fingerprint density at radius 2 is 1.95 bits per heavy atom. The van der Waals surface area contributed by atoms with Gasteiger partial charge in [0.1, 0.15) is 0 Å². The number of ether oxygens (including phenoxy) is 1. The third kappa shape index (κ3) is 4.89. The van der Waals surface area contributed by atoms with Crippen LogP contribution >= 0.6 is 11.6 Å². The lowest BCUT2D eigenvalue weighted by atomic mass is 9.78. The van der Waals surface area contributed by atoms with Crippen LogP contribution in [0.4, 0.5) is 13.2 Å². The predicted molar refractivity (Wildman–Crippen MR) is 77.6 cm³/mol. The molecule has 0 aromatic heterocycles. The molecule has 1 aliphatic heterocycles. The van der Waals surface area contributed by atoms with Crippen molar-refractivity contribution >= 4 is 11.6 Å². The summed E-state index contributed by atoms with van der Waals surface area (Å²) in [5.74, 6) is 0.499. The van der Waals surface area contributed by atoms with Crippen LogP contribution in [-0.4, -0.2) is 18.9 Å². The van der Waals surface area contributed by atoms with E-state index in [4.69, 9.17) is 16.3 Å². The highest BCUT2D eigenvalue weighted by atomic mass is 35.5. The second-order valence-corrected chi connectivity index (χ2v) is 6.10. The van der Waals surface area contributed by atoms with E-state index in [0.717, 1.165) is 18.4 Å². The van der Waals surface area contributed by atoms with E-state index in [2.05, 4.69) is 6.92 Å². The maximum absolute atomic E-state index is 12.5. The first-order chi connectivity index (χ1) is 9.89. The van der Waals surface area contributed by atoms with Gasteiger partial charge in [-0.25, -0.2) is 0 Å². The molecule has 1 aliphatic rings. The average molecular weight is 321 g/mol. The van der Waals surface area contributed by atoms with E-state index in [9.17, 15) is 13.2 Å². The summed E-state index contributed by atoms with van der Waals surface area (Å²) in [6, 6.07) is 7.63. The van der Waals surface area contributed by atoms with E-state index in [1.165, 1.54) is 0 Å². The van der Waals surface area contributed by atoms with E-state index in [1.807, 2.05) is 24.3 Å². The van der Waals surface area contributed by atoms with Crippen molar-refractivity contribution < 1.29 is 17.9 Å². The topological polar surface area (TPSA) is 9.23 Å². The van der Waals surface area contributed by atoms with Gasteiger partial charge >= 0.3 is 6.18 Å². The van der Waals surface area contributed by atoms with Crippen LogP contribution in [-0.2, 0) is 4.74 Å². The number of hydrogen-bond acceptors (Lipinski definition) is 1. The lowest BCUT2D eigenvalue weighted by Crippen LogP contribution is -2.32. The largest absolute Gasteiger partial charge is 0.391 e. The van der Waals surface area contributed by atoms with E-state index in [0.29, 0.717) is 18.1 Å². The summed E-state index contributed by atoms with van der Waals surface area (Å²) in [4.78, 5) is 0. The van der Waals surface area contributed by atoms with Gasteiger partial charge in [-0.3, -0.25) is 0 Å². The van der Waals surface area contributed by atoms with Crippen LogP contribution in [0, 0.1) is 5.92 Å². The van der Waals surface area contributed by atoms with Gasteiger partial charge < -0.3 is 4.74 Å². The Morgan fingerprint density at radius 3 is 2.52 bits per heavy atom. The summed E-state index contributed by atoms with van der Waals surface area (Å²) < 4.78 is 42.9. The van der Waals surface area contributed by atoms with Gasteiger partial charge in [0.05, 0.1) is 12.5 Å². The molecule has 2 rings (SSSR count). The molecular formula is C16H20ClF3O. The summed E-state index contributed by atoms with van der Waals surface area (Å²) in [5.41, 5.74) is 1.15. The zero-order chi connectivity index (χ0) is 15.5. The molecule has 0 N–H and O–H groups in total. The van der Waals surface area contributed by atoms with Crippen LogP contribution in [0.2, 0.25) is 5.02 Å². The molecule has 0 amide bonds. The van der Waals surface area contributed by atoms with E-state index >= 15 is 0 Å². The molecule has 118 valence electrons. The Balaban J connectivity index is 2.05. The number of benzene rings is 1. The van der Waals surface area contributed by atoms with Crippen LogP contribution in [0.5, 0.6) is 0 Å². The molecule has 0 saturated carbocycles. The number of hydrogen-bond donors (Lipinski definition) is 0. The molecule has 1 fully saturated rings. The smallest absolute Gasteiger partial charge is 0.378 e. The molecule has 0 bridgehead atoms. The lowest BCUT2D eigenvalue weighted by molar-refractivity contribution is -0.169. The van der Waals surface area contributed by atoms with Gasteiger partial charge in [-0.2, -0.15) is 13.2 Å². The van der Waals surface area contributed by atoms with Crippen LogP contribution < -0.4 is 0 Å². The van der Waals surface area contributed by atoms with Crippen LogP contribution in [0.15, 0.2) is 24.3 Å². The summed E-state index contributed by atoms with van der Waals surface area (Å²) in [6.07, 6.45) is -3.51. The fourth-order valence-corrected chi connectivity index (χ4v) is 3.35. The third-order valence-corrected chi connectivity index (χ3v) is 4.43. The lowest BCUT2D eigenvalue weighted by Gasteiger charge is -2.35. The molecular weight excluding hydrogens is 301 g/mol. The summed E-state index contributed by atoms with van der Waals surface area (Å²) in [6.45, 7) is 2.49. The standard InChI is InChI=1S/C16H20ClF3O/c1-2-15(11-3-5-13(17)6-4-11)12-7-8-21-14(9-12)10-16(18,19)20/h3-6,12,14-15H,2,7-10H2,1H3. The van der Waals surface area contributed by atoms with Crippen molar-refractivity contribution in [1.29, 1.82) is 0 Å². The molecule has 1 saturated heterocycles.